The summed E-state index contributed by atoms with van der Waals surface area (Å²) in [6, 6.07) is 1.65. The van der Waals surface area contributed by atoms with Crippen LogP contribution in [0.25, 0.3) is 0 Å². The Morgan fingerprint density at radius 2 is 2.07 bits per heavy atom. The number of nitrogens with two attached hydrogens (primary N) is 1. The Hall–Kier alpha value is -0.120. The van der Waals surface area contributed by atoms with Gasteiger partial charge in [0, 0.05) is 0 Å². The fourth-order valence-corrected chi connectivity index (χ4v) is 2.51. The molecule has 0 amide bonds. The van der Waals surface area contributed by atoms with E-state index < -0.39 is 0 Å². The molecule has 0 aliphatic rings. The van der Waals surface area contributed by atoms with Gasteiger partial charge in [0.2, 0.25) is 0 Å². The lowest BCUT2D eigenvalue weighted by atomic mass is 10.3. The van der Waals surface area contributed by atoms with Crippen molar-refractivity contribution in [1.82, 2.24) is 4.98 Å². The van der Waals surface area contributed by atoms with Gasteiger partial charge in [-0.3, -0.25) is 0 Å². The maximum atomic E-state index is 5.99. The number of nitrogens with zero attached hydrogens (tertiary/aromatic N) is 1. The number of aromatic nitrogens is 1. The Bertz CT molecular complexity index is 331. The van der Waals surface area contributed by atoms with Crippen molar-refractivity contribution in [2.75, 3.05) is 11.5 Å². The number of unbranched alkanes of at least 4 members (excludes halogenated alkanes) is 2. The summed E-state index contributed by atoms with van der Waals surface area (Å²) in [6.07, 6.45) is 3.61. The summed E-state index contributed by atoms with van der Waals surface area (Å²) in [7, 11) is 0. The van der Waals surface area contributed by atoms with Crippen LogP contribution < -0.4 is 5.73 Å². The Labute approximate surface area is 105 Å². The molecule has 0 saturated carbocycles. The number of hydrogen-bond donors (Lipinski definition) is 1. The van der Waals surface area contributed by atoms with E-state index in [1.165, 1.54) is 19.3 Å². The standard InChI is InChI=1S/C10H14Cl2N2S/c1-2-3-4-5-15-10-8(12)6-7(11)9(13)14-10/h6H,2-5H2,1H3,(H2,13,14). The van der Waals surface area contributed by atoms with Gasteiger partial charge in [0.1, 0.15) is 10.8 Å². The molecule has 0 spiro atoms. The SMILES string of the molecule is CCCCCSc1nc(N)c(Cl)cc1Cl. The molecule has 0 unspecified atom stereocenters. The van der Waals surface area contributed by atoms with Crippen molar-refractivity contribution in [2.45, 2.75) is 31.2 Å². The van der Waals surface area contributed by atoms with Crippen LogP contribution in [0, 0.1) is 0 Å². The van der Waals surface area contributed by atoms with E-state index in [2.05, 4.69) is 11.9 Å². The summed E-state index contributed by atoms with van der Waals surface area (Å²) in [5, 5.41) is 1.77. The van der Waals surface area contributed by atoms with E-state index in [9.17, 15) is 0 Å². The van der Waals surface area contributed by atoms with Crippen LogP contribution in [-0.2, 0) is 0 Å². The van der Waals surface area contributed by atoms with E-state index >= 15 is 0 Å². The van der Waals surface area contributed by atoms with Crippen molar-refractivity contribution in [3.63, 3.8) is 0 Å². The highest BCUT2D eigenvalue weighted by atomic mass is 35.5. The molecule has 1 aromatic rings. The Morgan fingerprint density at radius 3 is 2.73 bits per heavy atom. The molecule has 1 heterocycles. The lowest BCUT2D eigenvalue weighted by molar-refractivity contribution is 0.778. The monoisotopic (exact) mass is 264 g/mol. The fourth-order valence-electron chi connectivity index (χ4n) is 1.09. The van der Waals surface area contributed by atoms with Gasteiger partial charge in [-0.25, -0.2) is 4.98 Å². The zero-order valence-electron chi connectivity index (χ0n) is 8.59. The molecule has 84 valence electrons. The van der Waals surface area contributed by atoms with E-state index in [1.54, 1.807) is 17.8 Å². The molecule has 0 saturated heterocycles. The van der Waals surface area contributed by atoms with Gasteiger partial charge in [-0.1, -0.05) is 43.0 Å². The molecule has 15 heavy (non-hydrogen) atoms. The van der Waals surface area contributed by atoms with Crippen LogP contribution in [0.15, 0.2) is 11.1 Å². The topological polar surface area (TPSA) is 38.9 Å². The molecule has 1 rings (SSSR count). The molecular formula is C10H14Cl2N2S. The maximum absolute atomic E-state index is 5.99. The third-order valence-electron chi connectivity index (χ3n) is 1.91. The molecule has 0 aliphatic carbocycles. The van der Waals surface area contributed by atoms with Gasteiger partial charge in [0.15, 0.2) is 0 Å². The van der Waals surface area contributed by atoms with Crippen LogP contribution >= 0.6 is 35.0 Å². The zero-order valence-corrected chi connectivity index (χ0v) is 10.9. The highest BCUT2D eigenvalue weighted by Gasteiger charge is 2.07. The first-order chi connectivity index (χ1) is 7.15. The van der Waals surface area contributed by atoms with Crippen LogP contribution in [0.2, 0.25) is 10.0 Å². The first-order valence-corrected chi connectivity index (χ1v) is 6.63. The largest absolute Gasteiger partial charge is 0.382 e. The van der Waals surface area contributed by atoms with Crippen molar-refractivity contribution in [2.24, 2.45) is 0 Å². The Balaban J connectivity index is 2.57. The molecule has 1 aromatic heterocycles. The predicted molar refractivity (Wildman–Crippen MR) is 68.9 cm³/mol. The second kappa shape index (κ2) is 6.46. The Kier molecular flexibility index (Phi) is 5.58. The first kappa shape index (κ1) is 12.9. The highest BCUT2D eigenvalue weighted by Crippen LogP contribution is 2.30. The minimum Gasteiger partial charge on any atom is -0.382 e. The van der Waals surface area contributed by atoms with Crippen molar-refractivity contribution in [1.29, 1.82) is 0 Å². The van der Waals surface area contributed by atoms with Crippen LogP contribution in [0.1, 0.15) is 26.2 Å². The van der Waals surface area contributed by atoms with Crippen LogP contribution in [-0.4, -0.2) is 10.7 Å². The lowest BCUT2D eigenvalue weighted by Gasteiger charge is -2.05. The maximum Gasteiger partial charge on any atom is 0.143 e. The van der Waals surface area contributed by atoms with Gasteiger partial charge in [-0.05, 0) is 18.2 Å². The summed E-state index contributed by atoms with van der Waals surface area (Å²) in [5.74, 6) is 1.36. The van der Waals surface area contributed by atoms with Crippen molar-refractivity contribution < 1.29 is 0 Å². The summed E-state index contributed by atoms with van der Waals surface area (Å²) >= 11 is 13.4. The molecule has 0 radical (unpaired) electrons. The summed E-state index contributed by atoms with van der Waals surface area (Å²) in [6.45, 7) is 2.18. The van der Waals surface area contributed by atoms with Crippen LogP contribution in [0.3, 0.4) is 0 Å². The van der Waals surface area contributed by atoms with Crippen molar-refractivity contribution in [3.05, 3.63) is 16.1 Å². The Morgan fingerprint density at radius 1 is 1.33 bits per heavy atom. The van der Waals surface area contributed by atoms with Crippen LogP contribution in [0.5, 0.6) is 0 Å². The number of rotatable bonds is 5. The van der Waals surface area contributed by atoms with Gasteiger partial charge < -0.3 is 5.73 Å². The van der Waals surface area contributed by atoms with Gasteiger partial charge in [0.05, 0.1) is 10.0 Å². The molecule has 0 fully saturated rings. The smallest absolute Gasteiger partial charge is 0.143 e. The van der Waals surface area contributed by atoms with Crippen LogP contribution in [0.4, 0.5) is 5.82 Å². The van der Waals surface area contributed by atoms with Crippen molar-refractivity contribution in [3.8, 4) is 0 Å². The van der Waals surface area contributed by atoms with Gasteiger partial charge in [-0.15, -0.1) is 11.8 Å². The van der Waals surface area contributed by atoms with E-state index in [4.69, 9.17) is 28.9 Å². The molecule has 0 aromatic carbocycles. The number of pyridine rings is 1. The van der Waals surface area contributed by atoms with E-state index in [-0.39, 0.29) is 0 Å². The molecule has 5 heteroatoms. The van der Waals surface area contributed by atoms with E-state index in [1.807, 2.05) is 0 Å². The number of hydrogen-bond acceptors (Lipinski definition) is 3. The molecule has 0 aliphatic heterocycles. The second-order valence-corrected chi connectivity index (χ2v) is 5.10. The van der Waals surface area contributed by atoms with Gasteiger partial charge in [0.25, 0.3) is 0 Å². The summed E-state index contributed by atoms with van der Waals surface area (Å²) < 4.78 is 0. The fraction of sp³-hybridized carbons (Fsp3) is 0.500. The number of thioether (sulfide) groups is 1. The minimum absolute atomic E-state index is 0.346. The number of anilines is 1. The third kappa shape index (κ3) is 4.09. The normalized spacial score (nSPS) is 10.6. The second-order valence-electron chi connectivity index (χ2n) is 3.20. The van der Waals surface area contributed by atoms with Gasteiger partial charge >= 0.3 is 0 Å². The van der Waals surface area contributed by atoms with E-state index in [0.29, 0.717) is 15.9 Å². The average Bonchev–Trinajstić information content (AvgIpc) is 2.20. The highest BCUT2D eigenvalue weighted by molar-refractivity contribution is 7.99. The predicted octanol–water partition coefficient (Wildman–Crippen LogP) is 4.25. The van der Waals surface area contributed by atoms with E-state index in [0.717, 1.165) is 10.8 Å². The molecule has 0 bridgehead atoms. The van der Waals surface area contributed by atoms with Gasteiger partial charge in [-0.2, -0.15) is 0 Å². The summed E-state index contributed by atoms with van der Waals surface area (Å²) in [5.41, 5.74) is 5.60. The quantitative estimate of drug-likeness (QED) is 0.638. The average molecular weight is 265 g/mol. The molecule has 0 atom stereocenters. The minimum atomic E-state index is 0.346. The third-order valence-corrected chi connectivity index (χ3v) is 3.69. The lowest BCUT2D eigenvalue weighted by Crippen LogP contribution is -1.94. The molecule has 2 N–H and O–H groups in total. The zero-order chi connectivity index (χ0) is 11.3. The first-order valence-electron chi connectivity index (χ1n) is 4.89. The molecule has 2 nitrogen and oxygen atoms in total. The summed E-state index contributed by atoms with van der Waals surface area (Å²) in [4.78, 5) is 4.15. The number of nitrogen functional groups attached to an aromatic ring is 1. The molecular weight excluding hydrogens is 251 g/mol. The number of halogens is 2. The van der Waals surface area contributed by atoms with Crippen molar-refractivity contribution >= 4 is 40.8 Å².